The first-order valence-corrected chi connectivity index (χ1v) is 12.0. The van der Waals surface area contributed by atoms with Gasteiger partial charge in [0.2, 0.25) is 0 Å². The van der Waals surface area contributed by atoms with Crippen LogP contribution < -0.4 is 15.6 Å². The van der Waals surface area contributed by atoms with Crippen molar-refractivity contribution in [1.29, 1.82) is 0 Å². The number of nitrogens with zero attached hydrogens (tertiary/aromatic N) is 4. The van der Waals surface area contributed by atoms with Crippen LogP contribution in [0.25, 0.3) is 5.78 Å². The van der Waals surface area contributed by atoms with E-state index in [1.54, 1.807) is 35.8 Å². The number of carbonyl (C=O) groups is 1. The maximum atomic E-state index is 12.5. The lowest BCUT2D eigenvalue weighted by molar-refractivity contribution is -0.122. The minimum Gasteiger partial charge on any atom is -0.481 e. The Labute approximate surface area is 202 Å². The topological polar surface area (TPSA) is 90.5 Å². The number of amides is 1. The lowest BCUT2D eigenvalue weighted by Crippen LogP contribution is -2.30. The fraction of sp³-hybridized carbons (Fsp3) is 0.280. The van der Waals surface area contributed by atoms with E-state index >= 15 is 0 Å². The van der Waals surface area contributed by atoms with Gasteiger partial charge in [-0.15, -0.1) is 11.8 Å². The van der Waals surface area contributed by atoms with Gasteiger partial charge >= 0.3 is 0 Å². The summed E-state index contributed by atoms with van der Waals surface area (Å²) in [6.45, 7) is 7.69. The van der Waals surface area contributed by atoms with E-state index in [-0.39, 0.29) is 17.5 Å². The van der Waals surface area contributed by atoms with Crippen molar-refractivity contribution in [3.63, 3.8) is 0 Å². The highest BCUT2D eigenvalue weighted by Gasteiger charge is 2.15. The van der Waals surface area contributed by atoms with Gasteiger partial charge in [-0.2, -0.15) is 9.50 Å². The van der Waals surface area contributed by atoms with Crippen molar-refractivity contribution >= 4 is 29.1 Å². The van der Waals surface area contributed by atoms with E-state index in [9.17, 15) is 9.59 Å². The van der Waals surface area contributed by atoms with Gasteiger partial charge in [0, 0.05) is 28.4 Å². The summed E-state index contributed by atoms with van der Waals surface area (Å²) in [5.41, 5.74) is 2.34. The predicted octanol–water partition coefficient (Wildman–Crippen LogP) is 4.48. The number of aryl methyl sites for hydroxylation is 1. The van der Waals surface area contributed by atoms with Crippen molar-refractivity contribution in [1.82, 2.24) is 19.2 Å². The monoisotopic (exact) mass is 477 g/mol. The number of rotatable bonds is 8. The molecule has 1 N–H and O–H groups in total. The van der Waals surface area contributed by atoms with Gasteiger partial charge in [0.05, 0.1) is 5.69 Å². The maximum Gasteiger partial charge on any atom is 0.274 e. The number of benzene rings is 2. The number of ether oxygens (including phenoxy) is 1. The second kappa shape index (κ2) is 10.1. The maximum absolute atomic E-state index is 12.5. The van der Waals surface area contributed by atoms with Gasteiger partial charge in [-0.1, -0.05) is 17.7 Å². The van der Waals surface area contributed by atoms with Crippen molar-refractivity contribution in [2.45, 2.75) is 50.5 Å². The van der Waals surface area contributed by atoms with Crippen LogP contribution in [0.2, 0.25) is 0 Å². The third-order valence-electron chi connectivity index (χ3n) is 5.20. The molecule has 2 heterocycles. The van der Waals surface area contributed by atoms with Crippen molar-refractivity contribution in [2.75, 3.05) is 5.32 Å². The van der Waals surface area contributed by atoms with E-state index in [0.717, 1.165) is 10.5 Å². The molecule has 0 saturated carbocycles. The predicted molar refractivity (Wildman–Crippen MR) is 134 cm³/mol. The first-order valence-electron chi connectivity index (χ1n) is 11.0. The lowest BCUT2D eigenvalue weighted by atomic mass is 10.2. The zero-order valence-electron chi connectivity index (χ0n) is 19.6. The highest BCUT2D eigenvalue weighted by atomic mass is 32.2. The van der Waals surface area contributed by atoms with Crippen LogP contribution >= 0.6 is 11.8 Å². The minimum absolute atomic E-state index is 0.112. The van der Waals surface area contributed by atoms with Crippen molar-refractivity contribution < 1.29 is 9.53 Å². The number of thioether (sulfide) groups is 1. The molecule has 176 valence electrons. The van der Waals surface area contributed by atoms with Gasteiger partial charge in [-0.05, 0) is 64.1 Å². The zero-order chi connectivity index (χ0) is 24.2. The number of anilines is 1. The number of fused-ring (bicyclic) bond motifs is 1. The highest BCUT2D eigenvalue weighted by molar-refractivity contribution is 7.98. The largest absolute Gasteiger partial charge is 0.481 e. The Morgan fingerprint density at radius 3 is 2.47 bits per heavy atom. The average molecular weight is 478 g/mol. The third-order valence-corrected chi connectivity index (χ3v) is 6.24. The lowest BCUT2D eigenvalue weighted by Gasteiger charge is -2.15. The highest BCUT2D eigenvalue weighted by Crippen LogP contribution is 2.24. The van der Waals surface area contributed by atoms with Crippen molar-refractivity contribution in [3.8, 4) is 5.75 Å². The van der Waals surface area contributed by atoms with E-state index in [0.29, 0.717) is 28.7 Å². The summed E-state index contributed by atoms with van der Waals surface area (Å²) < 4.78 is 8.96. The average Bonchev–Trinajstić information content (AvgIpc) is 3.25. The molecule has 1 amide bonds. The molecule has 2 aromatic carbocycles. The SMILES string of the molecule is Cc1ccc(O[C@@H](C)C(=O)Nc2ccc(SCc3cc(=O)n4c(ncn4C(C)C)n3)cc2)cc1. The van der Waals surface area contributed by atoms with E-state index in [4.69, 9.17) is 4.74 Å². The molecular formula is C25H27N5O3S. The van der Waals surface area contributed by atoms with Crippen LogP contribution in [0.3, 0.4) is 0 Å². The molecule has 0 aliphatic heterocycles. The molecule has 0 aliphatic carbocycles. The van der Waals surface area contributed by atoms with Crippen LogP contribution in [0.1, 0.15) is 38.1 Å². The number of aromatic nitrogens is 4. The standard InChI is InChI=1S/C25H27N5O3S/c1-16(2)29-15-26-25-28-20(13-23(31)30(25)29)14-34-22-11-7-19(8-12-22)27-24(32)18(4)33-21-9-5-17(3)6-10-21/h5-13,15-16,18H,14H2,1-4H3,(H,27,32)/t18-/m0/s1. The fourth-order valence-electron chi connectivity index (χ4n) is 3.32. The van der Waals surface area contributed by atoms with Gasteiger partial charge in [-0.25, -0.2) is 4.98 Å². The zero-order valence-corrected chi connectivity index (χ0v) is 20.4. The molecule has 2 aromatic heterocycles. The van der Waals surface area contributed by atoms with E-state index in [1.165, 1.54) is 4.52 Å². The van der Waals surface area contributed by atoms with Crippen molar-refractivity contribution in [2.24, 2.45) is 0 Å². The Kier molecular flexibility index (Phi) is 7.02. The van der Waals surface area contributed by atoms with Gasteiger partial charge in [-0.3, -0.25) is 14.3 Å². The van der Waals surface area contributed by atoms with Crippen LogP contribution in [0.5, 0.6) is 5.75 Å². The molecule has 4 rings (SSSR count). The smallest absolute Gasteiger partial charge is 0.274 e. The number of carbonyl (C=O) groups excluding carboxylic acids is 1. The van der Waals surface area contributed by atoms with Crippen LogP contribution in [-0.2, 0) is 10.5 Å². The Morgan fingerprint density at radius 1 is 1.09 bits per heavy atom. The summed E-state index contributed by atoms with van der Waals surface area (Å²) >= 11 is 1.56. The van der Waals surface area contributed by atoms with Crippen LogP contribution in [0, 0.1) is 6.92 Å². The van der Waals surface area contributed by atoms with Crippen molar-refractivity contribution in [3.05, 3.63) is 82.5 Å². The molecular weight excluding hydrogens is 450 g/mol. The third kappa shape index (κ3) is 5.48. The molecule has 8 nitrogen and oxygen atoms in total. The van der Waals surface area contributed by atoms with E-state index < -0.39 is 6.10 Å². The number of hydrogen-bond acceptors (Lipinski definition) is 6. The Hall–Kier alpha value is -3.59. The molecule has 0 unspecified atom stereocenters. The molecule has 4 aromatic rings. The van der Waals surface area contributed by atoms with Crippen LogP contribution in [0.15, 0.2) is 70.6 Å². The molecule has 0 saturated heterocycles. The number of nitrogens with one attached hydrogen (secondary N) is 1. The summed E-state index contributed by atoms with van der Waals surface area (Å²) in [5, 5.41) is 2.87. The van der Waals surface area contributed by atoms with Crippen LogP contribution in [-0.4, -0.2) is 31.2 Å². The Bertz CT molecular complexity index is 1340. The molecule has 0 spiro atoms. The quantitative estimate of drug-likeness (QED) is 0.376. The summed E-state index contributed by atoms with van der Waals surface area (Å²) in [7, 11) is 0. The molecule has 0 fully saturated rings. The summed E-state index contributed by atoms with van der Waals surface area (Å²) in [6.07, 6.45) is 1.00. The van der Waals surface area contributed by atoms with Gasteiger partial charge < -0.3 is 10.1 Å². The second-order valence-corrected chi connectivity index (χ2v) is 9.34. The first kappa shape index (κ1) is 23.6. The van der Waals surface area contributed by atoms with Gasteiger partial charge in [0.15, 0.2) is 6.10 Å². The summed E-state index contributed by atoms with van der Waals surface area (Å²) in [4.78, 5) is 34.8. The molecule has 9 heteroatoms. The molecule has 1 atom stereocenters. The summed E-state index contributed by atoms with van der Waals surface area (Å²) in [6, 6.07) is 16.8. The first-order chi connectivity index (χ1) is 16.3. The minimum atomic E-state index is -0.629. The normalized spacial score (nSPS) is 12.1. The molecule has 0 radical (unpaired) electrons. The second-order valence-electron chi connectivity index (χ2n) is 8.29. The van der Waals surface area contributed by atoms with E-state index in [1.807, 2.05) is 69.3 Å². The molecule has 0 aliphatic rings. The fourth-order valence-corrected chi connectivity index (χ4v) is 4.11. The molecule has 0 bridgehead atoms. The van der Waals surface area contributed by atoms with Gasteiger partial charge in [0.1, 0.15) is 12.1 Å². The summed E-state index contributed by atoms with van der Waals surface area (Å²) in [5.74, 6) is 1.37. The van der Waals surface area contributed by atoms with E-state index in [2.05, 4.69) is 15.3 Å². The molecule has 34 heavy (non-hydrogen) atoms. The Balaban J connectivity index is 1.34. The van der Waals surface area contributed by atoms with Crippen LogP contribution in [0.4, 0.5) is 5.69 Å². The number of hydrogen-bond donors (Lipinski definition) is 1. The van der Waals surface area contributed by atoms with Gasteiger partial charge in [0.25, 0.3) is 17.2 Å². The Morgan fingerprint density at radius 2 is 1.79 bits per heavy atom.